The quantitative estimate of drug-likeness (QED) is 0.455. The van der Waals surface area contributed by atoms with Crippen LogP contribution >= 0.6 is 11.8 Å². The van der Waals surface area contributed by atoms with E-state index >= 15 is 0 Å². The average molecular weight is 227 g/mol. The second-order valence-corrected chi connectivity index (χ2v) is 4.95. The van der Waals surface area contributed by atoms with Gasteiger partial charge in [-0.05, 0) is 23.3 Å². The highest BCUT2D eigenvalue weighted by Crippen LogP contribution is 2.41. The van der Waals surface area contributed by atoms with E-state index in [2.05, 4.69) is 10.0 Å². The summed E-state index contributed by atoms with van der Waals surface area (Å²) in [5.74, 6) is -0.654. The third-order valence-corrected chi connectivity index (χ3v) is 3.39. The summed E-state index contributed by atoms with van der Waals surface area (Å²) in [7, 11) is 0. The van der Waals surface area contributed by atoms with Gasteiger partial charge in [-0.25, -0.2) is 0 Å². The van der Waals surface area contributed by atoms with Crippen molar-refractivity contribution in [3.8, 4) is 0 Å². The van der Waals surface area contributed by atoms with E-state index in [1.54, 1.807) is 11.5 Å². The zero-order valence-electron chi connectivity index (χ0n) is 8.62. The number of aliphatic carboxylic acids is 1. The highest BCUT2D eigenvalue weighted by Gasteiger charge is 2.44. The zero-order chi connectivity index (χ0) is 11.5. The van der Waals surface area contributed by atoms with E-state index in [0.29, 0.717) is 6.42 Å². The van der Waals surface area contributed by atoms with E-state index in [4.69, 9.17) is 10.6 Å². The SMILES string of the molecule is CC(C)CC1(N=[N+]=[N-])C=CSC1C(=O)O. The van der Waals surface area contributed by atoms with Gasteiger partial charge in [0.1, 0.15) is 5.25 Å². The lowest BCUT2D eigenvalue weighted by Crippen LogP contribution is -2.40. The van der Waals surface area contributed by atoms with Gasteiger partial charge in [-0.1, -0.05) is 25.0 Å². The van der Waals surface area contributed by atoms with Crippen LogP contribution in [0.1, 0.15) is 20.3 Å². The molecule has 0 aliphatic carbocycles. The van der Waals surface area contributed by atoms with Crippen molar-refractivity contribution in [2.45, 2.75) is 31.1 Å². The topological polar surface area (TPSA) is 86.1 Å². The Hall–Kier alpha value is -1.13. The van der Waals surface area contributed by atoms with Crippen LogP contribution < -0.4 is 0 Å². The van der Waals surface area contributed by atoms with Crippen molar-refractivity contribution in [1.82, 2.24) is 0 Å². The van der Waals surface area contributed by atoms with Crippen LogP contribution in [0.5, 0.6) is 0 Å². The number of carboxylic acid groups (broad SMARTS) is 1. The maximum absolute atomic E-state index is 11.0. The summed E-state index contributed by atoms with van der Waals surface area (Å²) >= 11 is 1.19. The first-order valence-corrected chi connectivity index (χ1v) is 5.58. The Morgan fingerprint density at radius 2 is 2.47 bits per heavy atom. The Bertz CT molecular complexity index is 336. The highest BCUT2D eigenvalue weighted by molar-refractivity contribution is 8.03. The monoisotopic (exact) mass is 227 g/mol. The predicted octanol–water partition coefficient (Wildman–Crippen LogP) is 2.80. The third kappa shape index (κ3) is 2.46. The molecule has 2 unspecified atom stereocenters. The van der Waals surface area contributed by atoms with E-state index in [1.165, 1.54) is 11.8 Å². The number of hydrogen-bond acceptors (Lipinski definition) is 3. The Balaban J connectivity index is 3.02. The molecule has 1 heterocycles. The van der Waals surface area contributed by atoms with Crippen LogP contribution in [-0.2, 0) is 4.79 Å². The molecule has 82 valence electrons. The number of thioether (sulfide) groups is 1. The fourth-order valence-corrected chi connectivity index (χ4v) is 2.80. The highest BCUT2D eigenvalue weighted by atomic mass is 32.2. The molecule has 2 atom stereocenters. The van der Waals surface area contributed by atoms with Gasteiger partial charge >= 0.3 is 5.97 Å². The number of hydrogen-bond donors (Lipinski definition) is 1. The summed E-state index contributed by atoms with van der Waals surface area (Å²) < 4.78 is 0. The summed E-state index contributed by atoms with van der Waals surface area (Å²) in [5.41, 5.74) is 7.62. The zero-order valence-corrected chi connectivity index (χ0v) is 9.44. The maximum Gasteiger partial charge on any atom is 0.318 e. The van der Waals surface area contributed by atoms with Gasteiger partial charge in [0, 0.05) is 4.91 Å². The smallest absolute Gasteiger partial charge is 0.318 e. The Labute approximate surface area is 92.2 Å². The molecular formula is C9H13N3O2S. The standard InChI is InChI=1S/C9H13N3O2S/c1-6(2)5-9(11-12-10)3-4-15-7(9)8(13)14/h3-4,6-7H,5H2,1-2H3,(H,13,14). The molecule has 0 aromatic rings. The summed E-state index contributed by atoms with van der Waals surface area (Å²) in [6, 6.07) is 0. The molecule has 6 heteroatoms. The Morgan fingerprint density at radius 3 is 2.93 bits per heavy atom. The second-order valence-electron chi connectivity index (χ2n) is 3.94. The van der Waals surface area contributed by atoms with Crippen LogP contribution in [-0.4, -0.2) is 21.9 Å². The first kappa shape index (κ1) is 11.9. The molecule has 0 fully saturated rings. The van der Waals surface area contributed by atoms with Crippen molar-refractivity contribution >= 4 is 17.7 Å². The molecular weight excluding hydrogens is 214 g/mol. The first-order chi connectivity index (χ1) is 7.02. The van der Waals surface area contributed by atoms with Gasteiger partial charge in [-0.15, -0.1) is 11.8 Å². The molecule has 1 rings (SSSR count). The molecule has 15 heavy (non-hydrogen) atoms. The van der Waals surface area contributed by atoms with Crippen molar-refractivity contribution in [3.05, 3.63) is 21.9 Å². The lowest BCUT2D eigenvalue weighted by molar-refractivity contribution is -0.137. The van der Waals surface area contributed by atoms with Gasteiger partial charge in [0.15, 0.2) is 0 Å². The minimum atomic E-state index is -0.932. The average Bonchev–Trinajstić information content (AvgIpc) is 2.47. The van der Waals surface area contributed by atoms with Crippen LogP contribution in [0.25, 0.3) is 10.4 Å². The van der Waals surface area contributed by atoms with E-state index < -0.39 is 16.8 Å². The lowest BCUT2D eigenvalue weighted by Gasteiger charge is -2.27. The molecule has 1 aliphatic heterocycles. The van der Waals surface area contributed by atoms with Crippen molar-refractivity contribution in [2.75, 3.05) is 0 Å². The maximum atomic E-state index is 11.0. The second kappa shape index (κ2) is 4.59. The summed E-state index contributed by atoms with van der Waals surface area (Å²) in [5, 5.41) is 13.7. The molecule has 1 aliphatic rings. The van der Waals surface area contributed by atoms with Crippen molar-refractivity contribution in [3.63, 3.8) is 0 Å². The fourth-order valence-electron chi connectivity index (χ4n) is 1.75. The largest absolute Gasteiger partial charge is 0.480 e. The predicted molar refractivity (Wildman–Crippen MR) is 59.5 cm³/mol. The van der Waals surface area contributed by atoms with Crippen LogP contribution in [0.4, 0.5) is 0 Å². The molecule has 0 aromatic heterocycles. The van der Waals surface area contributed by atoms with Crippen LogP contribution in [0, 0.1) is 5.92 Å². The Kier molecular flexibility index (Phi) is 3.66. The third-order valence-electron chi connectivity index (χ3n) is 2.22. The number of nitrogens with zero attached hydrogens (tertiary/aromatic N) is 3. The van der Waals surface area contributed by atoms with Crippen molar-refractivity contribution in [1.29, 1.82) is 0 Å². The normalized spacial score (nSPS) is 29.1. The first-order valence-electron chi connectivity index (χ1n) is 4.64. The number of carbonyl (C=O) groups is 1. The number of carboxylic acids is 1. The van der Waals surface area contributed by atoms with Gasteiger partial charge in [0.05, 0.1) is 5.54 Å². The molecule has 0 spiro atoms. The van der Waals surface area contributed by atoms with Gasteiger partial charge in [-0.2, -0.15) is 0 Å². The summed E-state index contributed by atoms with van der Waals surface area (Å²) in [4.78, 5) is 13.8. The van der Waals surface area contributed by atoms with Crippen LogP contribution in [0.15, 0.2) is 16.6 Å². The molecule has 1 N–H and O–H groups in total. The van der Waals surface area contributed by atoms with E-state index in [9.17, 15) is 4.79 Å². The summed E-state index contributed by atoms with van der Waals surface area (Å²) in [6.45, 7) is 3.95. The van der Waals surface area contributed by atoms with Crippen LogP contribution in [0.3, 0.4) is 0 Å². The molecule has 0 aromatic carbocycles. The molecule has 0 radical (unpaired) electrons. The number of azide groups is 1. The minimum absolute atomic E-state index is 0.278. The van der Waals surface area contributed by atoms with Crippen molar-refractivity contribution < 1.29 is 9.90 Å². The fraction of sp³-hybridized carbons (Fsp3) is 0.667. The van der Waals surface area contributed by atoms with Crippen LogP contribution in [0.2, 0.25) is 0 Å². The van der Waals surface area contributed by atoms with E-state index in [-0.39, 0.29) is 5.92 Å². The Morgan fingerprint density at radius 1 is 1.80 bits per heavy atom. The molecule has 0 bridgehead atoms. The minimum Gasteiger partial charge on any atom is -0.480 e. The van der Waals surface area contributed by atoms with E-state index in [1.807, 2.05) is 13.8 Å². The van der Waals surface area contributed by atoms with Gasteiger partial charge in [0.2, 0.25) is 0 Å². The molecule has 0 saturated carbocycles. The van der Waals surface area contributed by atoms with Gasteiger partial charge in [0.25, 0.3) is 0 Å². The van der Waals surface area contributed by atoms with Gasteiger partial charge in [-0.3, -0.25) is 4.79 Å². The van der Waals surface area contributed by atoms with Gasteiger partial charge < -0.3 is 5.11 Å². The van der Waals surface area contributed by atoms with Crippen molar-refractivity contribution in [2.24, 2.45) is 11.0 Å². The molecule has 5 nitrogen and oxygen atoms in total. The summed E-state index contributed by atoms with van der Waals surface area (Å²) in [6.07, 6.45) is 2.26. The molecule has 0 amide bonds. The molecule has 0 saturated heterocycles. The van der Waals surface area contributed by atoms with E-state index in [0.717, 1.165) is 0 Å². The number of rotatable bonds is 4. The lowest BCUT2D eigenvalue weighted by atomic mass is 9.86.